The molecular formula is C48H89N2O6P. The highest BCUT2D eigenvalue weighted by atomic mass is 31.2. The maximum absolute atomic E-state index is 12.9. The number of unbranched alkanes of at least 4 members (excludes halogenated alkanes) is 20. The number of amides is 1. The van der Waals surface area contributed by atoms with E-state index >= 15 is 0 Å². The second-order valence-corrected chi connectivity index (χ2v) is 18.1. The van der Waals surface area contributed by atoms with Crippen molar-refractivity contribution >= 4 is 13.7 Å². The molecule has 0 bridgehead atoms. The van der Waals surface area contributed by atoms with Crippen molar-refractivity contribution in [2.45, 2.75) is 199 Å². The number of aliphatic hydroxyl groups is 1. The van der Waals surface area contributed by atoms with Gasteiger partial charge in [0.25, 0.3) is 7.82 Å². The van der Waals surface area contributed by atoms with Crippen LogP contribution in [-0.4, -0.2) is 68.5 Å². The number of phosphoric ester groups is 1. The average Bonchev–Trinajstić information content (AvgIpc) is 3.16. The number of nitrogens with zero attached hydrogens (tertiary/aromatic N) is 1. The monoisotopic (exact) mass is 821 g/mol. The molecule has 2 N–H and O–H groups in total. The zero-order valence-corrected chi connectivity index (χ0v) is 38.4. The molecule has 0 fully saturated rings. The predicted octanol–water partition coefficient (Wildman–Crippen LogP) is 12.4. The van der Waals surface area contributed by atoms with Crippen molar-refractivity contribution in [3.63, 3.8) is 0 Å². The largest absolute Gasteiger partial charge is 0.756 e. The molecular weight excluding hydrogens is 732 g/mol. The van der Waals surface area contributed by atoms with E-state index in [9.17, 15) is 19.4 Å². The van der Waals surface area contributed by atoms with Crippen LogP contribution in [0.4, 0.5) is 0 Å². The van der Waals surface area contributed by atoms with Crippen molar-refractivity contribution in [1.29, 1.82) is 0 Å². The first-order chi connectivity index (χ1) is 27.5. The van der Waals surface area contributed by atoms with Gasteiger partial charge in [0.05, 0.1) is 39.9 Å². The number of hydrogen-bond donors (Lipinski definition) is 2. The first kappa shape index (κ1) is 55.2. The lowest BCUT2D eigenvalue weighted by atomic mass is 10.0. The Morgan fingerprint density at radius 3 is 1.63 bits per heavy atom. The van der Waals surface area contributed by atoms with Crippen LogP contribution in [0.3, 0.4) is 0 Å². The van der Waals surface area contributed by atoms with Gasteiger partial charge in [0.2, 0.25) is 5.91 Å². The second kappa shape index (κ2) is 39.6. The molecule has 0 aliphatic heterocycles. The number of carbonyl (C=O) groups is 1. The lowest BCUT2D eigenvalue weighted by Crippen LogP contribution is -2.45. The quantitative estimate of drug-likeness (QED) is 0.0275. The smallest absolute Gasteiger partial charge is 0.268 e. The highest BCUT2D eigenvalue weighted by Crippen LogP contribution is 2.38. The van der Waals surface area contributed by atoms with E-state index in [1.807, 2.05) is 27.2 Å². The van der Waals surface area contributed by atoms with Crippen LogP contribution in [0.25, 0.3) is 0 Å². The fraction of sp³-hybridized carbons (Fsp3) is 0.771. The number of phosphoric acid groups is 1. The Hall–Kier alpha value is -1.80. The van der Waals surface area contributed by atoms with Crippen molar-refractivity contribution in [2.24, 2.45) is 0 Å². The van der Waals surface area contributed by atoms with Crippen molar-refractivity contribution in [1.82, 2.24) is 5.32 Å². The topological polar surface area (TPSA) is 108 Å². The lowest BCUT2D eigenvalue weighted by molar-refractivity contribution is -0.870. The molecule has 0 aromatic carbocycles. The molecule has 3 unspecified atom stereocenters. The summed E-state index contributed by atoms with van der Waals surface area (Å²) in [6.07, 6.45) is 51.3. The standard InChI is InChI=1S/C48H89N2O6P/c1-6-8-10-12-14-16-18-20-22-24-26-27-29-31-33-35-37-39-41-47(51)46(45-56-57(53,54)55-44-43-50(3,4)5)49-48(52)42-40-38-36-34-32-30-28-25-23-21-19-17-15-13-11-9-7-2/h9,11,15,17,21,23,31,33,39,41,46-47,51H,6-8,10,12-14,16,18-20,22,24-30,32,34-38,40,42-45H2,1-5H3,(H-,49,52,53,54)/b11-9-,17-15-,23-21-,33-31+,41-39+. The number of hydrogen-bond acceptors (Lipinski definition) is 6. The Labute approximate surface area is 351 Å². The third-order valence-corrected chi connectivity index (χ3v) is 10.9. The molecule has 0 rings (SSSR count). The molecule has 332 valence electrons. The molecule has 8 nitrogen and oxygen atoms in total. The molecule has 0 radical (unpaired) electrons. The Kier molecular flexibility index (Phi) is 38.4. The minimum absolute atomic E-state index is 0.0108. The number of allylic oxidation sites excluding steroid dienone is 9. The Balaban J connectivity index is 4.47. The summed E-state index contributed by atoms with van der Waals surface area (Å²) in [4.78, 5) is 25.3. The number of nitrogens with one attached hydrogen (secondary N) is 1. The first-order valence-corrected chi connectivity index (χ1v) is 24.6. The number of rotatable bonds is 41. The molecule has 0 saturated carbocycles. The third kappa shape index (κ3) is 42.1. The number of quaternary nitrogens is 1. The van der Waals surface area contributed by atoms with Crippen molar-refractivity contribution in [3.8, 4) is 0 Å². The number of likely N-dealkylation sites (N-methyl/N-ethyl adjacent to an activating group) is 1. The average molecular weight is 821 g/mol. The molecule has 0 heterocycles. The summed E-state index contributed by atoms with van der Waals surface area (Å²) >= 11 is 0. The van der Waals surface area contributed by atoms with Crippen molar-refractivity contribution in [2.75, 3.05) is 40.9 Å². The van der Waals surface area contributed by atoms with Crippen LogP contribution in [0.1, 0.15) is 187 Å². The van der Waals surface area contributed by atoms with Gasteiger partial charge < -0.3 is 28.8 Å². The first-order valence-electron chi connectivity index (χ1n) is 23.2. The SMILES string of the molecule is CC/C=C\C/C=C\C/C=C\CCCCCCCCCC(=O)NC(COP(=O)([O-])OCC[N+](C)(C)C)C(O)/C=C/CC/C=C/CCCCCCCCCCCCCC. The molecule has 0 spiro atoms. The van der Waals surface area contributed by atoms with Crippen molar-refractivity contribution < 1.29 is 32.9 Å². The Morgan fingerprint density at radius 1 is 0.632 bits per heavy atom. The summed E-state index contributed by atoms with van der Waals surface area (Å²) in [5.41, 5.74) is 0. The van der Waals surface area contributed by atoms with Gasteiger partial charge >= 0.3 is 0 Å². The normalized spacial score (nSPS) is 14.9. The van der Waals surface area contributed by atoms with Gasteiger partial charge in [-0.05, 0) is 64.2 Å². The van der Waals surface area contributed by atoms with Gasteiger partial charge in [-0.3, -0.25) is 9.36 Å². The molecule has 1 amide bonds. The van der Waals surface area contributed by atoms with Crippen LogP contribution in [0, 0.1) is 0 Å². The summed E-state index contributed by atoms with van der Waals surface area (Å²) in [5, 5.41) is 13.8. The summed E-state index contributed by atoms with van der Waals surface area (Å²) in [6, 6.07) is -0.910. The number of carbonyl (C=O) groups excluding carboxylic acids is 1. The Morgan fingerprint density at radius 2 is 1.09 bits per heavy atom. The van der Waals surface area contributed by atoms with E-state index in [-0.39, 0.29) is 12.5 Å². The van der Waals surface area contributed by atoms with Crippen LogP contribution in [0.15, 0.2) is 60.8 Å². The predicted molar refractivity (Wildman–Crippen MR) is 242 cm³/mol. The highest BCUT2D eigenvalue weighted by Gasteiger charge is 2.23. The zero-order chi connectivity index (χ0) is 42.1. The van der Waals surface area contributed by atoms with Gasteiger partial charge in [0.1, 0.15) is 13.2 Å². The van der Waals surface area contributed by atoms with Gasteiger partial charge in [0.15, 0.2) is 0 Å². The molecule has 0 aromatic rings. The third-order valence-electron chi connectivity index (χ3n) is 9.96. The van der Waals surface area contributed by atoms with Crippen LogP contribution in [0.2, 0.25) is 0 Å². The summed E-state index contributed by atoms with van der Waals surface area (Å²) in [5.74, 6) is -0.220. The van der Waals surface area contributed by atoms with Gasteiger partial charge in [0, 0.05) is 6.42 Å². The summed E-state index contributed by atoms with van der Waals surface area (Å²) < 4.78 is 23.2. The summed E-state index contributed by atoms with van der Waals surface area (Å²) in [6.45, 7) is 4.50. The fourth-order valence-electron chi connectivity index (χ4n) is 6.30. The van der Waals surface area contributed by atoms with Crippen LogP contribution < -0.4 is 10.2 Å². The minimum Gasteiger partial charge on any atom is -0.756 e. The van der Waals surface area contributed by atoms with E-state index in [4.69, 9.17) is 9.05 Å². The highest BCUT2D eigenvalue weighted by molar-refractivity contribution is 7.45. The van der Waals surface area contributed by atoms with E-state index in [1.54, 1.807) is 6.08 Å². The molecule has 0 saturated heterocycles. The molecule has 0 aliphatic carbocycles. The van der Waals surface area contributed by atoms with Gasteiger partial charge in [-0.1, -0.05) is 177 Å². The van der Waals surface area contributed by atoms with Gasteiger partial charge in [-0.25, -0.2) is 0 Å². The Bertz CT molecular complexity index is 1110. The number of aliphatic hydroxyl groups excluding tert-OH is 1. The molecule has 57 heavy (non-hydrogen) atoms. The molecule has 0 aliphatic rings. The molecule has 9 heteroatoms. The van der Waals surface area contributed by atoms with Gasteiger partial charge in [-0.2, -0.15) is 0 Å². The minimum atomic E-state index is -4.60. The van der Waals surface area contributed by atoms with E-state index in [0.29, 0.717) is 17.4 Å². The lowest BCUT2D eigenvalue weighted by Gasteiger charge is -2.29. The maximum atomic E-state index is 12.9. The fourth-order valence-corrected chi connectivity index (χ4v) is 7.02. The van der Waals surface area contributed by atoms with E-state index < -0.39 is 26.6 Å². The van der Waals surface area contributed by atoms with E-state index in [1.165, 1.54) is 96.3 Å². The zero-order valence-electron chi connectivity index (χ0n) is 37.5. The van der Waals surface area contributed by atoms with Gasteiger partial charge in [-0.15, -0.1) is 0 Å². The summed E-state index contributed by atoms with van der Waals surface area (Å²) in [7, 11) is 1.23. The molecule has 0 aromatic heterocycles. The van der Waals surface area contributed by atoms with E-state index in [0.717, 1.165) is 70.6 Å². The second-order valence-electron chi connectivity index (χ2n) is 16.7. The molecule has 3 atom stereocenters. The van der Waals surface area contributed by atoms with Crippen LogP contribution in [0.5, 0.6) is 0 Å². The van der Waals surface area contributed by atoms with Crippen molar-refractivity contribution in [3.05, 3.63) is 60.8 Å². The van der Waals surface area contributed by atoms with Crippen LogP contribution >= 0.6 is 7.82 Å². The van der Waals surface area contributed by atoms with E-state index in [2.05, 4.69) is 67.8 Å². The van der Waals surface area contributed by atoms with Crippen LogP contribution in [-0.2, 0) is 18.4 Å². The maximum Gasteiger partial charge on any atom is 0.268 e.